The first-order valence-electron chi connectivity index (χ1n) is 5.86. The Morgan fingerprint density at radius 2 is 2.28 bits per heavy atom. The Kier molecular flexibility index (Phi) is 5.67. The number of nitro benzene ring substituents is 1. The first kappa shape index (κ1) is 14.5. The van der Waals surface area contributed by atoms with Crippen molar-refractivity contribution >= 4 is 5.69 Å². The lowest BCUT2D eigenvalue weighted by molar-refractivity contribution is -0.385. The standard InChI is InChI=1S/C12H17FN2O3/c1-2-11(16)5-6-14-8-9-7-10(13)3-4-12(9)15(17)18/h3-4,7,11,14,16H,2,5-6,8H2,1H3. The normalized spacial score (nSPS) is 12.4. The van der Waals surface area contributed by atoms with Gasteiger partial charge in [0, 0.05) is 18.2 Å². The summed E-state index contributed by atoms with van der Waals surface area (Å²) < 4.78 is 13.0. The van der Waals surface area contributed by atoms with Gasteiger partial charge in [0.05, 0.1) is 11.0 Å². The molecule has 1 atom stereocenters. The molecule has 1 aromatic carbocycles. The van der Waals surface area contributed by atoms with Crippen LogP contribution in [0.1, 0.15) is 25.3 Å². The van der Waals surface area contributed by atoms with Gasteiger partial charge >= 0.3 is 0 Å². The molecule has 18 heavy (non-hydrogen) atoms. The Morgan fingerprint density at radius 1 is 1.56 bits per heavy atom. The predicted octanol–water partition coefficient (Wildman–Crippen LogP) is 1.98. The van der Waals surface area contributed by atoms with Gasteiger partial charge < -0.3 is 10.4 Å². The second-order valence-electron chi connectivity index (χ2n) is 4.06. The van der Waals surface area contributed by atoms with Crippen molar-refractivity contribution in [3.63, 3.8) is 0 Å². The maximum Gasteiger partial charge on any atom is 0.274 e. The highest BCUT2D eigenvalue weighted by Crippen LogP contribution is 2.19. The third-order valence-corrected chi connectivity index (χ3v) is 2.68. The second kappa shape index (κ2) is 7.03. The zero-order chi connectivity index (χ0) is 13.5. The fraction of sp³-hybridized carbons (Fsp3) is 0.500. The number of aliphatic hydroxyl groups is 1. The molecular formula is C12H17FN2O3. The van der Waals surface area contributed by atoms with Crippen molar-refractivity contribution in [3.8, 4) is 0 Å². The largest absolute Gasteiger partial charge is 0.393 e. The van der Waals surface area contributed by atoms with E-state index in [0.717, 1.165) is 18.2 Å². The van der Waals surface area contributed by atoms with Crippen molar-refractivity contribution in [2.45, 2.75) is 32.4 Å². The SMILES string of the molecule is CCC(O)CCNCc1cc(F)ccc1[N+](=O)[O-]. The van der Waals surface area contributed by atoms with Crippen LogP contribution in [0, 0.1) is 15.9 Å². The maximum atomic E-state index is 13.0. The van der Waals surface area contributed by atoms with Crippen molar-refractivity contribution in [2.24, 2.45) is 0 Å². The molecule has 1 rings (SSSR count). The van der Waals surface area contributed by atoms with Crippen LogP contribution in [0.5, 0.6) is 0 Å². The average molecular weight is 256 g/mol. The van der Waals surface area contributed by atoms with Crippen LogP contribution in [0.3, 0.4) is 0 Å². The van der Waals surface area contributed by atoms with Gasteiger partial charge in [0.25, 0.3) is 5.69 Å². The van der Waals surface area contributed by atoms with E-state index in [1.165, 1.54) is 0 Å². The molecule has 0 saturated carbocycles. The number of nitrogens with one attached hydrogen (secondary N) is 1. The van der Waals surface area contributed by atoms with E-state index in [2.05, 4.69) is 5.32 Å². The van der Waals surface area contributed by atoms with E-state index in [-0.39, 0.29) is 18.3 Å². The first-order valence-corrected chi connectivity index (χ1v) is 5.86. The summed E-state index contributed by atoms with van der Waals surface area (Å²) >= 11 is 0. The summed E-state index contributed by atoms with van der Waals surface area (Å²) in [4.78, 5) is 10.2. The lowest BCUT2D eigenvalue weighted by Crippen LogP contribution is -2.20. The van der Waals surface area contributed by atoms with E-state index in [0.29, 0.717) is 24.9 Å². The summed E-state index contributed by atoms with van der Waals surface area (Å²) in [5, 5.41) is 23.0. The van der Waals surface area contributed by atoms with Gasteiger partial charge in [-0.15, -0.1) is 0 Å². The van der Waals surface area contributed by atoms with Gasteiger partial charge in [-0.1, -0.05) is 6.92 Å². The molecule has 0 fully saturated rings. The predicted molar refractivity (Wildman–Crippen MR) is 65.7 cm³/mol. The van der Waals surface area contributed by atoms with Gasteiger partial charge in [-0.3, -0.25) is 10.1 Å². The molecule has 0 amide bonds. The van der Waals surface area contributed by atoms with Crippen molar-refractivity contribution in [3.05, 3.63) is 39.7 Å². The Morgan fingerprint density at radius 3 is 2.89 bits per heavy atom. The summed E-state index contributed by atoms with van der Waals surface area (Å²) in [6, 6.07) is 3.39. The van der Waals surface area contributed by atoms with Gasteiger partial charge in [-0.2, -0.15) is 0 Å². The van der Waals surface area contributed by atoms with E-state index in [9.17, 15) is 19.6 Å². The minimum atomic E-state index is -0.530. The summed E-state index contributed by atoms with van der Waals surface area (Å²) in [6.45, 7) is 2.62. The number of halogens is 1. The van der Waals surface area contributed by atoms with Crippen LogP contribution in [-0.4, -0.2) is 22.7 Å². The van der Waals surface area contributed by atoms with Crippen molar-refractivity contribution in [2.75, 3.05) is 6.54 Å². The Hall–Kier alpha value is -1.53. The van der Waals surface area contributed by atoms with Crippen LogP contribution in [0.4, 0.5) is 10.1 Å². The van der Waals surface area contributed by atoms with E-state index in [1.807, 2.05) is 6.92 Å². The molecule has 1 aromatic rings. The molecule has 0 aliphatic carbocycles. The molecule has 0 aliphatic rings. The second-order valence-corrected chi connectivity index (χ2v) is 4.06. The number of hydrogen-bond donors (Lipinski definition) is 2. The molecular weight excluding hydrogens is 239 g/mol. The fourth-order valence-corrected chi connectivity index (χ4v) is 1.57. The molecule has 100 valence electrons. The van der Waals surface area contributed by atoms with Crippen molar-refractivity contribution < 1.29 is 14.4 Å². The average Bonchev–Trinajstić information content (AvgIpc) is 2.34. The minimum absolute atomic E-state index is 0.0973. The maximum absolute atomic E-state index is 13.0. The van der Waals surface area contributed by atoms with Crippen LogP contribution in [0.2, 0.25) is 0 Å². The zero-order valence-electron chi connectivity index (χ0n) is 10.2. The van der Waals surface area contributed by atoms with Crippen molar-refractivity contribution in [1.29, 1.82) is 0 Å². The third kappa shape index (κ3) is 4.38. The van der Waals surface area contributed by atoms with Gasteiger partial charge in [0.15, 0.2) is 0 Å². The molecule has 1 unspecified atom stereocenters. The quantitative estimate of drug-likeness (QED) is 0.444. The van der Waals surface area contributed by atoms with Crippen LogP contribution in [0.15, 0.2) is 18.2 Å². The fourth-order valence-electron chi connectivity index (χ4n) is 1.57. The van der Waals surface area contributed by atoms with Gasteiger partial charge in [0.2, 0.25) is 0 Å². The van der Waals surface area contributed by atoms with E-state index < -0.39 is 10.7 Å². The number of aliphatic hydroxyl groups excluding tert-OH is 1. The number of nitrogens with zero attached hydrogens (tertiary/aromatic N) is 1. The number of rotatable bonds is 7. The summed E-state index contributed by atoms with van der Waals surface area (Å²) in [6.07, 6.45) is 0.863. The van der Waals surface area contributed by atoms with Crippen LogP contribution < -0.4 is 5.32 Å². The molecule has 0 saturated heterocycles. The van der Waals surface area contributed by atoms with Crippen LogP contribution in [-0.2, 0) is 6.54 Å². The summed E-state index contributed by atoms with van der Waals surface area (Å²) in [5.41, 5.74) is 0.214. The third-order valence-electron chi connectivity index (χ3n) is 2.68. The van der Waals surface area contributed by atoms with Gasteiger partial charge in [-0.05, 0) is 31.5 Å². The first-order chi connectivity index (χ1) is 8.54. The Bertz CT molecular complexity index is 412. The molecule has 5 nitrogen and oxygen atoms in total. The Labute approximate surface area is 105 Å². The van der Waals surface area contributed by atoms with E-state index in [4.69, 9.17) is 0 Å². The molecule has 6 heteroatoms. The monoisotopic (exact) mass is 256 g/mol. The van der Waals surface area contributed by atoms with E-state index >= 15 is 0 Å². The van der Waals surface area contributed by atoms with E-state index in [1.54, 1.807) is 0 Å². The number of hydrogen-bond acceptors (Lipinski definition) is 4. The topological polar surface area (TPSA) is 75.4 Å². The van der Waals surface area contributed by atoms with Gasteiger partial charge in [-0.25, -0.2) is 4.39 Å². The molecule has 0 bridgehead atoms. The molecule has 0 aromatic heterocycles. The molecule has 0 heterocycles. The molecule has 2 N–H and O–H groups in total. The lowest BCUT2D eigenvalue weighted by atomic mass is 10.1. The molecule has 0 spiro atoms. The Balaban J connectivity index is 2.55. The lowest BCUT2D eigenvalue weighted by Gasteiger charge is -2.09. The highest BCUT2D eigenvalue weighted by Gasteiger charge is 2.13. The van der Waals surface area contributed by atoms with Crippen LogP contribution >= 0.6 is 0 Å². The summed E-state index contributed by atoms with van der Waals surface area (Å²) in [7, 11) is 0. The number of benzene rings is 1. The smallest absolute Gasteiger partial charge is 0.274 e. The number of nitro groups is 1. The highest BCUT2D eigenvalue weighted by molar-refractivity contribution is 5.40. The van der Waals surface area contributed by atoms with Crippen molar-refractivity contribution in [1.82, 2.24) is 5.32 Å². The van der Waals surface area contributed by atoms with Crippen LogP contribution in [0.25, 0.3) is 0 Å². The summed E-state index contributed by atoms with van der Waals surface area (Å²) in [5.74, 6) is -0.494. The zero-order valence-corrected chi connectivity index (χ0v) is 10.2. The van der Waals surface area contributed by atoms with Gasteiger partial charge in [0.1, 0.15) is 5.82 Å². The highest BCUT2D eigenvalue weighted by atomic mass is 19.1. The molecule has 0 radical (unpaired) electrons. The molecule has 0 aliphatic heterocycles. The minimum Gasteiger partial charge on any atom is -0.393 e.